The van der Waals surface area contributed by atoms with Crippen molar-refractivity contribution in [3.63, 3.8) is 0 Å². The lowest BCUT2D eigenvalue weighted by atomic mass is 9.75. The van der Waals surface area contributed by atoms with Crippen LogP contribution < -0.4 is 16.1 Å². The second-order valence-corrected chi connectivity index (χ2v) is 6.52. The van der Waals surface area contributed by atoms with Crippen molar-refractivity contribution in [1.29, 1.82) is 0 Å². The molecule has 2 aromatic carbocycles. The number of hydrogen-bond acceptors (Lipinski definition) is 8. The third-order valence-corrected chi connectivity index (χ3v) is 4.50. The Morgan fingerprint density at radius 1 is 1.21 bits per heavy atom. The number of nitrogens with zero attached hydrogens (tertiary/aromatic N) is 3. The molecule has 0 saturated carbocycles. The first-order valence-corrected chi connectivity index (χ1v) is 8.80. The summed E-state index contributed by atoms with van der Waals surface area (Å²) in [5.74, 6) is 1.11. The molecule has 8 nitrogen and oxygen atoms in total. The average molecular weight is 375 g/mol. The summed E-state index contributed by atoms with van der Waals surface area (Å²) in [6.45, 7) is 2.25. The number of aryl methyl sites for hydroxylation is 1. The molecular weight excluding hydrogens is 357 g/mol. The Morgan fingerprint density at radius 2 is 2.07 bits per heavy atom. The highest BCUT2D eigenvalue weighted by atomic mass is 16.5. The third-order valence-electron chi connectivity index (χ3n) is 4.50. The predicted octanol–water partition coefficient (Wildman–Crippen LogP) is 2.76. The summed E-state index contributed by atoms with van der Waals surface area (Å²) in [7, 11) is -0.731. The van der Waals surface area contributed by atoms with Crippen molar-refractivity contribution >= 4 is 35.7 Å². The van der Waals surface area contributed by atoms with Gasteiger partial charge in [-0.25, -0.2) is 4.98 Å². The molecule has 0 bridgehead atoms. The summed E-state index contributed by atoms with van der Waals surface area (Å²) in [4.78, 5) is 19.7. The largest absolute Gasteiger partial charge is 0.520 e. The minimum absolute atomic E-state index is 0.0202. The molecular formula is C19H18BN5O3. The Morgan fingerprint density at radius 3 is 2.89 bits per heavy atom. The van der Waals surface area contributed by atoms with Crippen LogP contribution in [-0.2, 0) is 17.9 Å². The Balaban J connectivity index is 1.55. The number of nitrogens with one attached hydrogen (secondary N) is 2. The highest BCUT2D eigenvalue weighted by molar-refractivity contribution is 6.67. The van der Waals surface area contributed by atoms with Crippen molar-refractivity contribution < 1.29 is 9.76 Å². The number of anilines is 4. The maximum Gasteiger partial charge on any atom is 0.520 e. The van der Waals surface area contributed by atoms with Crippen molar-refractivity contribution in [2.24, 2.45) is 5.09 Å². The second-order valence-electron chi connectivity index (χ2n) is 6.52. The molecule has 0 aliphatic carbocycles. The molecule has 140 valence electrons. The fourth-order valence-corrected chi connectivity index (χ4v) is 3.04. The van der Waals surface area contributed by atoms with Gasteiger partial charge in [-0.15, -0.1) is 0 Å². The van der Waals surface area contributed by atoms with Gasteiger partial charge in [0.1, 0.15) is 5.82 Å². The normalized spacial score (nSPS) is 12.6. The van der Waals surface area contributed by atoms with Gasteiger partial charge in [0.2, 0.25) is 5.95 Å². The summed E-state index contributed by atoms with van der Waals surface area (Å²) in [6, 6.07) is 13.1. The molecule has 0 radical (unpaired) electrons. The molecule has 0 atom stereocenters. The number of aliphatic hydroxyl groups excluding tert-OH is 1. The average Bonchev–Trinajstić information content (AvgIpc) is 3.13. The number of nitroso groups, excluding NO2 is 1. The molecule has 0 amide bonds. The predicted molar refractivity (Wildman–Crippen MR) is 108 cm³/mol. The Hall–Kier alpha value is -3.30. The maximum absolute atomic E-state index is 10.8. The standard InChI is InChI=1S/C19H18BN5O3/c1-12-9-21-19(24-18(12)22-15-4-2-3-13(7-15)10-26)23-16-5-6-17-14(8-16)11-28-20(17)25-27/h2-9,26H,10-11H2,1H3,(H2,21,22,23,24). The summed E-state index contributed by atoms with van der Waals surface area (Å²) in [6.07, 6.45) is 1.73. The molecule has 0 spiro atoms. The van der Waals surface area contributed by atoms with E-state index in [0.717, 1.165) is 33.5 Å². The fourth-order valence-electron chi connectivity index (χ4n) is 3.04. The monoisotopic (exact) mass is 375 g/mol. The van der Waals surface area contributed by atoms with Crippen molar-refractivity contribution in [3.05, 3.63) is 70.3 Å². The van der Waals surface area contributed by atoms with Gasteiger partial charge >= 0.3 is 7.05 Å². The van der Waals surface area contributed by atoms with Crippen LogP contribution in [-0.4, -0.2) is 22.1 Å². The van der Waals surface area contributed by atoms with Crippen LogP contribution >= 0.6 is 0 Å². The topological polar surface area (TPSA) is 109 Å². The maximum atomic E-state index is 10.8. The summed E-state index contributed by atoms with van der Waals surface area (Å²) in [5, 5.41) is 18.7. The molecule has 2 heterocycles. The molecule has 0 saturated heterocycles. The molecule has 3 N–H and O–H groups in total. The molecule has 3 aromatic rings. The van der Waals surface area contributed by atoms with Gasteiger partial charge < -0.3 is 20.4 Å². The van der Waals surface area contributed by atoms with Crippen LogP contribution in [0.5, 0.6) is 0 Å². The lowest BCUT2D eigenvalue weighted by Gasteiger charge is -2.12. The lowest BCUT2D eigenvalue weighted by Crippen LogP contribution is -2.25. The van der Waals surface area contributed by atoms with Crippen molar-refractivity contribution in [2.75, 3.05) is 10.6 Å². The highest BCUT2D eigenvalue weighted by Crippen LogP contribution is 2.23. The quantitative estimate of drug-likeness (QED) is 0.449. The van der Waals surface area contributed by atoms with E-state index >= 15 is 0 Å². The van der Waals surface area contributed by atoms with Gasteiger partial charge in [0, 0.05) is 23.1 Å². The number of hydrogen-bond donors (Lipinski definition) is 3. The van der Waals surface area contributed by atoms with Gasteiger partial charge in [-0.2, -0.15) is 9.89 Å². The smallest absolute Gasteiger partial charge is 0.405 e. The van der Waals surface area contributed by atoms with E-state index in [1.54, 1.807) is 6.20 Å². The Kier molecular flexibility index (Phi) is 5.01. The van der Waals surface area contributed by atoms with Crippen LogP contribution in [0.3, 0.4) is 0 Å². The van der Waals surface area contributed by atoms with Crippen molar-refractivity contribution in [3.8, 4) is 0 Å². The molecule has 4 rings (SSSR count). The molecule has 1 aliphatic heterocycles. The van der Waals surface area contributed by atoms with Crippen molar-refractivity contribution in [1.82, 2.24) is 9.97 Å². The first kappa shape index (κ1) is 18.1. The van der Waals surface area contributed by atoms with Crippen LogP contribution in [0.2, 0.25) is 0 Å². The minimum atomic E-state index is -0.731. The molecule has 0 fully saturated rings. The van der Waals surface area contributed by atoms with E-state index in [-0.39, 0.29) is 6.61 Å². The van der Waals surface area contributed by atoms with E-state index in [9.17, 15) is 10.0 Å². The summed E-state index contributed by atoms with van der Waals surface area (Å²) >= 11 is 0. The van der Waals surface area contributed by atoms with Gasteiger partial charge in [-0.05, 0) is 47.8 Å². The summed E-state index contributed by atoms with van der Waals surface area (Å²) < 4.78 is 5.33. The highest BCUT2D eigenvalue weighted by Gasteiger charge is 2.30. The first-order chi connectivity index (χ1) is 13.7. The summed E-state index contributed by atoms with van der Waals surface area (Å²) in [5.41, 5.74) is 5.05. The Labute approximate surface area is 162 Å². The number of rotatable bonds is 6. The van der Waals surface area contributed by atoms with Gasteiger partial charge in [0.15, 0.2) is 0 Å². The molecule has 9 heteroatoms. The fraction of sp³-hybridized carbons (Fsp3) is 0.158. The van der Waals surface area contributed by atoms with E-state index in [1.165, 1.54) is 0 Å². The first-order valence-electron chi connectivity index (χ1n) is 8.80. The molecule has 28 heavy (non-hydrogen) atoms. The van der Waals surface area contributed by atoms with Gasteiger partial charge in [-0.3, -0.25) is 0 Å². The van der Waals surface area contributed by atoms with E-state index < -0.39 is 7.05 Å². The zero-order chi connectivity index (χ0) is 19.5. The number of aromatic nitrogens is 2. The number of benzene rings is 2. The third kappa shape index (κ3) is 3.71. The van der Waals surface area contributed by atoms with E-state index in [2.05, 4.69) is 25.7 Å². The van der Waals surface area contributed by atoms with Crippen LogP contribution in [0.25, 0.3) is 0 Å². The molecule has 0 unspecified atom stereocenters. The van der Waals surface area contributed by atoms with Crippen LogP contribution in [0.1, 0.15) is 16.7 Å². The van der Waals surface area contributed by atoms with Gasteiger partial charge in [0.25, 0.3) is 0 Å². The van der Waals surface area contributed by atoms with Crippen LogP contribution in [0.4, 0.5) is 23.1 Å². The molecule has 1 aromatic heterocycles. The SMILES string of the molecule is Cc1cnc(Nc2ccc3c(c2)COB3N=O)nc1Nc1cccc(CO)c1. The van der Waals surface area contributed by atoms with Gasteiger partial charge in [0.05, 0.1) is 13.2 Å². The van der Waals surface area contributed by atoms with E-state index in [1.807, 2.05) is 49.4 Å². The van der Waals surface area contributed by atoms with Gasteiger partial charge in [-0.1, -0.05) is 23.3 Å². The number of fused-ring (bicyclic) bond motifs is 1. The minimum Gasteiger partial charge on any atom is -0.405 e. The van der Waals surface area contributed by atoms with Crippen LogP contribution in [0, 0.1) is 11.8 Å². The lowest BCUT2D eigenvalue weighted by molar-refractivity contribution is 0.282. The van der Waals surface area contributed by atoms with E-state index in [0.29, 0.717) is 18.4 Å². The molecule has 1 aliphatic rings. The van der Waals surface area contributed by atoms with Crippen LogP contribution in [0.15, 0.2) is 53.7 Å². The van der Waals surface area contributed by atoms with E-state index in [4.69, 9.17) is 4.65 Å². The van der Waals surface area contributed by atoms with Crippen molar-refractivity contribution in [2.45, 2.75) is 20.1 Å². The number of aliphatic hydroxyl groups is 1. The Bertz CT molecular complexity index is 1030. The zero-order valence-electron chi connectivity index (χ0n) is 15.2. The second kappa shape index (κ2) is 7.75. The zero-order valence-corrected chi connectivity index (χ0v) is 15.2.